The van der Waals surface area contributed by atoms with Crippen LogP contribution in [-0.4, -0.2) is 27.4 Å². The topological polar surface area (TPSA) is 102 Å². The average Bonchev–Trinajstić information content (AvgIpc) is 2.65. The summed E-state index contributed by atoms with van der Waals surface area (Å²) < 4.78 is 29.1. The van der Waals surface area contributed by atoms with Crippen molar-refractivity contribution in [3.8, 4) is 0 Å². The summed E-state index contributed by atoms with van der Waals surface area (Å²) in [5.41, 5.74) is 3.74. The highest BCUT2D eigenvalue weighted by Gasteiger charge is 2.18. The molecule has 0 aliphatic carbocycles. The number of esters is 1. The normalized spacial score (nSPS) is 11.7. The summed E-state index contributed by atoms with van der Waals surface area (Å²) in [5, 5.41) is 0. The first-order valence-electron chi connectivity index (χ1n) is 8.15. The number of carbonyl (C=O) groups is 2. The highest BCUT2D eigenvalue weighted by atomic mass is 32.2. The van der Waals surface area contributed by atoms with Crippen LogP contribution in [-0.2, 0) is 20.2 Å². The lowest BCUT2D eigenvalue weighted by atomic mass is 9.87. The SMILES string of the molecule is COC(=O)c1ccc(S(=O)(=O)NNC(=O)c2ccc(C(C)(C)C)cc2)cc1. The molecule has 0 fully saturated rings. The van der Waals surface area contributed by atoms with Crippen molar-refractivity contribution >= 4 is 21.9 Å². The van der Waals surface area contributed by atoms with Crippen LogP contribution in [0.2, 0.25) is 0 Å². The molecule has 27 heavy (non-hydrogen) atoms. The maximum atomic E-state index is 12.3. The van der Waals surface area contributed by atoms with Gasteiger partial charge in [0.2, 0.25) is 0 Å². The van der Waals surface area contributed by atoms with Crippen molar-refractivity contribution in [3.63, 3.8) is 0 Å². The van der Waals surface area contributed by atoms with E-state index in [-0.39, 0.29) is 15.9 Å². The molecule has 2 aromatic carbocycles. The van der Waals surface area contributed by atoms with Gasteiger partial charge in [-0.3, -0.25) is 10.2 Å². The molecule has 0 aliphatic heterocycles. The zero-order valence-electron chi connectivity index (χ0n) is 15.6. The van der Waals surface area contributed by atoms with E-state index in [0.717, 1.165) is 5.56 Å². The number of hydrazine groups is 1. The largest absolute Gasteiger partial charge is 0.465 e. The Morgan fingerprint density at radius 3 is 1.89 bits per heavy atom. The van der Waals surface area contributed by atoms with E-state index in [1.165, 1.54) is 31.4 Å². The number of amides is 1. The summed E-state index contributed by atoms with van der Waals surface area (Å²) in [7, 11) is -2.74. The first kappa shape index (κ1) is 20.6. The molecular weight excluding hydrogens is 368 g/mol. The molecule has 8 heteroatoms. The van der Waals surface area contributed by atoms with Crippen LogP contribution in [0, 0.1) is 0 Å². The summed E-state index contributed by atoms with van der Waals surface area (Å²) >= 11 is 0. The molecule has 2 N–H and O–H groups in total. The van der Waals surface area contributed by atoms with E-state index in [4.69, 9.17) is 0 Å². The second-order valence-electron chi connectivity index (χ2n) is 6.90. The van der Waals surface area contributed by atoms with Crippen molar-refractivity contribution < 1.29 is 22.7 Å². The van der Waals surface area contributed by atoms with Crippen molar-refractivity contribution in [2.45, 2.75) is 31.1 Å². The maximum absolute atomic E-state index is 12.3. The number of carbonyl (C=O) groups excluding carboxylic acids is 2. The van der Waals surface area contributed by atoms with E-state index in [1.807, 2.05) is 17.0 Å². The highest BCUT2D eigenvalue weighted by Crippen LogP contribution is 2.22. The van der Waals surface area contributed by atoms with Crippen LogP contribution < -0.4 is 10.3 Å². The maximum Gasteiger partial charge on any atom is 0.337 e. The van der Waals surface area contributed by atoms with Gasteiger partial charge in [-0.15, -0.1) is 4.83 Å². The van der Waals surface area contributed by atoms with E-state index in [2.05, 4.69) is 30.9 Å². The molecule has 2 rings (SSSR count). The molecule has 7 nitrogen and oxygen atoms in total. The number of hydrogen-bond donors (Lipinski definition) is 2. The van der Waals surface area contributed by atoms with E-state index in [9.17, 15) is 18.0 Å². The molecule has 0 saturated heterocycles. The van der Waals surface area contributed by atoms with Gasteiger partial charge in [-0.1, -0.05) is 32.9 Å². The average molecular weight is 390 g/mol. The fourth-order valence-electron chi connectivity index (χ4n) is 2.25. The fraction of sp³-hybridized carbons (Fsp3) is 0.263. The summed E-state index contributed by atoms with van der Waals surface area (Å²) in [5.74, 6) is -1.15. The Bertz CT molecular complexity index is 928. The number of benzene rings is 2. The van der Waals surface area contributed by atoms with E-state index in [1.54, 1.807) is 12.1 Å². The van der Waals surface area contributed by atoms with Gasteiger partial charge in [0, 0.05) is 5.56 Å². The fourth-order valence-corrected chi connectivity index (χ4v) is 3.09. The third-order valence-electron chi connectivity index (χ3n) is 3.90. The van der Waals surface area contributed by atoms with Crippen LogP contribution in [0.4, 0.5) is 0 Å². The molecule has 0 radical (unpaired) electrons. The lowest BCUT2D eigenvalue weighted by molar-refractivity contribution is 0.0600. The first-order chi connectivity index (χ1) is 12.5. The zero-order valence-corrected chi connectivity index (χ0v) is 16.4. The Balaban J connectivity index is 2.06. The Labute approximate surface area is 158 Å². The molecule has 0 aromatic heterocycles. The Kier molecular flexibility index (Phi) is 6.02. The molecule has 0 heterocycles. The predicted molar refractivity (Wildman–Crippen MR) is 101 cm³/mol. The quantitative estimate of drug-likeness (QED) is 0.603. The van der Waals surface area contributed by atoms with Gasteiger partial charge in [0.1, 0.15) is 0 Å². The second-order valence-corrected chi connectivity index (χ2v) is 8.59. The molecule has 0 unspecified atom stereocenters. The lowest BCUT2D eigenvalue weighted by Gasteiger charge is -2.19. The minimum Gasteiger partial charge on any atom is -0.465 e. The van der Waals surface area contributed by atoms with Crippen molar-refractivity contribution in [3.05, 3.63) is 65.2 Å². The van der Waals surface area contributed by atoms with Gasteiger partial charge in [-0.05, 0) is 47.4 Å². The van der Waals surface area contributed by atoms with E-state index < -0.39 is 21.9 Å². The minimum absolute atomic E-state index is 0.0487. The smallest absolute Gasteiger partial charge is 0.337 e. The molecule has 144 valence electrons. The van der Waals surface area contributed by atoms with Gasteiger partial charge < -0.3 is 4.74 Å². The van der Waals surface area contributed by atoms with E-state index >= 15 is 0 Å². The van der Waals surface area contributed by atoms with Crippen molar-refractivity contribution in [1.29, 1.82) is 0 Å². The molecule has 0 aliphatic rings. The minimum atomic E-state index is -3.98. The summed E-state index contributed by atoms with van der Waals surface area (Å²) in [6, 6.07) is 12.1. The third-order valence-corrected chi connectivity index (χ3v) is 5.16. The van der Waals surface area contributed by atoms with Gasteiger partial charge >= 0.3 is 5.97 Å². The van der Waals surface area contributed by atoms with Gasteiger partial charge in [-0.25, -0.2) is 13.2 Å². The molecular formula is C19H22N2O5S. The van der Waals surface area contributed by atoms with Crippen molar-refractivity contribution in [1.82, 2.24) is 10.3 Å². The molecule has 0 saturated carbocycles. The standard InChI is InChI=1S/C19H22N2O5S/c1-19(2,3)15-9-5-13(6-10-15)17(22)20-21-27(24,25)16-11-7-14(8-12-16)18(23)26-4/h5-12,21H,1-4H3,(H,20,22). The third kappa shape index (κ3) is 5.15. The number of hydrogen-bond acceptors (Lipinski definition) is 5. The second kappa shape index (κ2) is 7.89. The Morgan fingerprint density at radius 2 is 1.41 bits per heavy atom. The molecule has 1 amide bonds. The van der Waals surface area contributed by atoms with Gasteiger partial charge in [0.25, 0.3) is 15.9 Å². The highest BCUT2D eigenvalue weighted by molar-refractivity contribution is 7.89. The summed E-state index contributed by atoms with van der Waals surface area (Å²) in [6.07, 6.45) is 0. The Hall–Kier alpha value is -2.71. The van der Waals surface area contributed by atoms with Gasteiger partial charge in [0.05, 0.1) is 17.6 Å². The van der Waals surface area contributed by atoms with Crippen LogP contribution in [0.5, 0.6) is 0 Å². The summed E-state index contributed by atoms with van der Waals surface area (Å²) in [4.78, 5) is 25.5. The van der Waals surface area contributed by atoms with Crippen LogP contribution >= 0.6 is 0 Å². The monoisotopic (exact) mass is 390 g/mol. The molecule has 0 atom stereocenters. The van der Waals surface area contributed by atoms with Crippen molar-refractivity contribution in [2.24, 2.45) is 0 Å². The van der Waals surface area contributed by atoms with Crippen LogP contribution in [0.1, 0.15) is 47.1 Å². The van der Waals surface area contributed by atoms with Crippen LogP contribution in [0.15, 0.2) is 53.4 Å². The van der Waals surface area contributed by atoms with Gasteiger partial charge in [-0.2, -0.15) is 0 Å². The Morgan fingerprint density at radius 1 is 0.889 bits per heavy atom. The van der Waals surface area contributed by atoms with Crippen molar-refractivity contribution in [2.75, 3.05) is 7.11 Å². The van der Waals surface area contributed by atoms with Gasteiger partial charge in [0.15, 0.2) is 0 Å². The molecule has 0 spiro atoms. The number of sulfonamides is 1. The number of ether oxygens (including phenoxy) is 1. The number of nitrogens with one attached hydrogen (secondary N) is 2. The predicted octanol–water partition coefficient (Wildman–Crippen LogP) is 2.39. The van der Waals surface area contributed by atoms with E-state index in [0.29, 0.717) is 5.56 Å². The zero-order chi connectivity index (χ0) is 20.2. The summed E-state index contributed by atoms with van der Waals surface area (Å²) in [6.45, 7) is 6.17. The first-order valence-corrected chi connectivity index (χ1v) is 9.64. The van der Waals surface area contributed by atoms with Crippen LogP contribution in [0.25, 0.3) is 0 Å². The number of rotatable bonds is 5. The number of methoxy groups -OCH3 is 1. The lowest BCUT2D eigenvalue weighted by Crippen LogP contribution is -2.41. The molecule has 0 bridgehead atoms. The van der Waals surface area contributed by atoms with Crippen LogP contribution in [0.3, 0.4) is 0 Å². The molecule has 2 aromatic rings.